The molecule has 1 unspecified atom stereocenters. The summed E-state index contributed by atoms with van der Waals surface area (Å²) < 4.78 is 17.5. The average Bonchev–Trinajstić information content (AvgIpc) is 2.34. The molecular weight excluding hydrogens is 219 g/mol. The molecule has 1 atom stereocenters. The molecule has 0 aliphatic carbocycles. The van der Waals surface area contributed by atoms with Crippen LogP contribution in [-0.4, -0.2) is 11.1 Å². The van der Waals surface area contributed by atoms with E-state index in [1.807, 2.05) is 0 Å². The standard InChI is InChI=1S/C6H4BrFO3/c7-4-2-1-3(11-4)5(8)6(9)10/h1-2,5H,(H,9,10). The van der Waals surface area contributed by atoms with E-state index in [4.69, 9.17) is 5.11 Å². The zero-order valence-corrected chi connectivity index (χ0v) is 6.84. The third kappa shape index (κ3) is 1.80. The monoisotopic (exact) mass is 222 g/mol. The Hall–Kier alpha value is -0.840. The molecular formula is C6H4BrFO3. The largest absolute Gasteiger partial charge is 0.479 e. The highest BCUT2D eigenvalue weighted by molar-refractivity contribution is 9.10. The zero-order chi connectivity index (χ0) is 8.43. The summed E-state index contributed by atoms with van der Waals surface area (Å²) in [4.78, 5) is 10.1. The van der Waals surface area contributed by atoms with Gasteiger partial charge >= 0.3 is 5.97 Å². The number of carbonyl (C=O) groups is 1. The first-order valence-electron chi connectivity index (χ1n) is 2.73. The lowest BCUT2D eigenvalue weighted by Gasteiger charge is -1.95. The van der Waals surface area contributed by atoms with Crippen molar-refractivity contribution in [1.82, 2.24) is 0 Å². The Bertz CT molecular complexity index is 271. The molecule has 1 N–H and O–H groups in total. The van der Waals surface area contributed by atoms with Crippen molar-refractivity contribution < 1.29 is 18.7 Å². The van der Waals surface area contributed by atoms with Crippen LogP contribution in [0.2, 0.25) is 0 Å². The van der Waals surface area contributed by atoms with Gasteiger partial charge in [0.25, 0.3) is 6.17 Å². The summed E-state index contributed by atoms with van der Waals surface area (Å²) in [7, 11) is 0. The third-order valence-corrected chi connectivity index (χ3v) is 1.49. The van der Waals surface area contributed by atoms with E-state index in [0.29, 0.717) is 4.67 Å². The predicted octanol–water partition coefficient (Wildman–Crippen LogP) is 2.14. The van der Waals surface area contributed by atoms with Gasteiger partial charge in [-0.25, -0.2) is 9.18 Å². The first kappa shape index (κ1) is 8.26. The molecule has 0 aliphatic heterocycles. The van der Waals surface area contributed by atoms with E-state index in [-0.39, 0.29) is 5.76 Å². The normalized spacial score (nSPS) is 12.9. The van der Waals surface area contributed by atoms with E-state index in [0.717, 1.165) is 0 Å². The van der Waals surface area contributed by atoms with Crippen molar-refractivity contribution in [2.45, 2.75) is 6.17 Å². The molecule has 0 aliphatic rings. The summed E-state index contributed by atoms with van der Waals surface area (Å²) in [5, 5.41) is 8.19. The predicted molar refractivity (Wildman–Crippen MR) is 37.9 cm³/mol. The maximum Gasteiger partial charge on any atom is 0.346 e. The number of aliphatic carboxylic acids is 1. The first-order valence-corrected chi connectivity index (χ1v) is 3.52. The number of carboxylic acids is 1. The van der Waals surface area contributed by atoms with Crippen molar-refractivity contribution in [2.24, 2.45) is 0 Å². The van der Waals surface area contributed by atoms with Gasteiger partial charge in [0.1, 0.15) is 0 Å². The number of alkyl halides is 1. The van der Waals surface area contributed by atoms with Crippen LogP contribution in [-0.2, 0) is 4.79 Å². The molecule has 3 nitrogen and oxygen atoms in total. The maximum absolute atomic E-state index is 12.6. The second-order valence-electron chi connectivity index (χ2n) is 1.84. The number of furan rings is 1. The molecule has 0 amide bonds. The quantitative estimate of drug-likeness (QED) is 0.835. The number of rotatable bonds is 2. The Kier molecular flexibility index (Phi) is 2.28. The second-order valence-corrected chi connectivity index (χ2v) is 2.62. The van der Waals surface area contributed by atoms with Crippen molar-refractivity contribution in [1.29, 1.82) is 0 Å². The lowest BCUT2D eigenvalue weighted by molar-refractivity contribution is -0.143. The molecule has 0 bridgehead atoms. The third-order valence-electron chi connectivity index (χ3n) is 1.06. The van der Waals surface area contributed by atoms with Gasteiger partial charge in [0.05, 0.1) is 0 Å². The second kappa shape index (κ2) is 3.04. The Balaban J connectivity index is 2.84. The number of hydrogen-bond acceptors (Lipinski definition) is 2. The van der Waals surface area contributed by atoms with Crippen molar-refractivity contribution in [3.8, 4) is 0 Å². The lowest BCUT2D eigenvalue weighted by atomic mass is 10.3. The molecule has 0 fully saturated rings. The zero-order valence-electron chi connectivity index (χ0n) is 5.25. The molecule has 0 saturated heterocycles. The molecule has 1 heterocycles. The molecule has 11 heavy (non-hydrogen) atoms. The highest BCUT2D eigenvalue weighted by Gasteiger charge is 2.21. The van der Waals surface area contributed by atoms with Crippen LogP contribution in [0.5, 0.6) is 0 Å². The van der Waals surface area contributed by atoms with Crippen LogP contribution < -0.4 is 0 Å². The maximum atomic E-state index is 12.6. The molecule has 0 radical (unpaired) electrons. The molecule has 1 aromatic rings. The highest BCUT2D eigenvalue weighted by Crippen LogP contribution is 2.22. The highest BCUT2D eigenvalue weighted by atomic mass is 79.9. The minimum Gasteiger partial charge on any atom is -0.479 e. The van der Waals surface area contributed by atoms with Crippen LogP contribution in [0.4, 0.5) is 4.39 Å². The van der Waals surface area contributed by atoms with E-state index < -0.39 is 12.1 Å². The molecule has 0 saturated carbocycles. The minimum absolute atomic E-state index is 0.204. The van der Waals surface area contributed by atoms with Crippen LogP contribution in [0.15, 0.2) is 21.2 Å². The SMILES string of the molecule is O=C(O)C(F)c1ccc(Br)o1. The summed E-state index contributed by atoms with van der Waals surface area (Å²) >= 11 is 2.92. The van der Waals surface area contributed by atoms with Gasteiger partial charge in [0.2, 0.25) is 0 Å². The van der Waals surface area contributed by atoms with Crippen molar-refractivity contribution >= 4 is 21.9 Å². The number of hydrogen-bond donors (Lipinski definition) is 1. The van der Waals surface area contributed by atoms with Gasteiger partial charge < -0.3 is 9.52 Å². The first-order chi connectivity index (χ1) is 5.11. The van der Waals surface area contributed by atoms with Gasteiger partial charge in [-0.1, -0.05) is 0 Å². The van der Waals surface area contributed by atoms with E-state index in [1.165, 1.54) is 12.1 Å². The van der Waals surface area contributed by atoms with Crippen LogP contribution in [0.3, 0.4) is 0 Å². The van der Waals surface area contributed by atoms with Gasteiger partial charge in [-0.3, -0.25) is 0 Å². The van der Waals surface area contributed by atoms with Gasteiger partial charge in [-0.2, -0.15) is 0 Å². The molecule has 0 aromatic carbocycles. The van der Waals surface area contributed by atoms with Crippen LogP contribution in [0, 0.1) is 0 Å². The number of carboxylic acid groups (broad SMARTS) is 1. The van der Waals surface area contributed by atoms with E-state index in [9.17, 15) is 9.18 Å². The molecule has 1 aromatic heterocycles. The Morgan fingerprint density at radius 2 is 2.36 bits per heavy atom. The topological polar surface area (TPSA) is 50.4 Å². The van der Waals surface area contributed by atoms with Crippen molar-refractivity contribution in [3.05, 3.63) is 22.6 Å². The Morgan fingerprint density at radius 3 is 2.73 bits per heavy atom. The van der Waals surface area contributed by atoms with Gasteiger partial charge in [-0.15, -0.1) is 0 Å². The van der Waals surface area contributed by atoms with E-state index in [1.54, 1.807) is 0 Å². The van der Waals surface area contributed by atoms with Crippen molar-refractivity contribution in [3.63, 3.8) is 0 Å². The van der Waals surface area contributed by atoms with Crippen LogP contribution in [0.25, 0.3) is 0 Å². The van der Waals surface area contributed by atoms with Crippen LogP contribution >= 0.6 is 15.9 Å². The summed E-state index contributed by atoms with van der Waals surface area (Å²) in [6, 6.07) is 2.70. The van der Waals surface area contributed by atoms with Gasteiger partial charge in [-0.05, 0) is 28.1 Å². The van der Waals surface area contributed by atoms with Crippen LogP contribution in [0.1, 0.15) is 11.9 Å². The van der Waals surface area contributed by atoms with Crippen molar-refractivity contribution in [2.75, 3.05) is 0 Å². The summed E-state index contributed by atoms with van der Waals surface area (Å²) in [5.41, 5.74) is 0. The molecule has 1 rings (SSSR count). The fourth-order valence-electron chi connectivity index (χ4n) is 0.586. The van der Waals surface area contributed by atoms with E-state index >= 15 is 0 Å². The van der Waals surface area contributed by atoms with Gasteiger partial charge in [0, 0.05) is 0 Å². The van der Waals surface area contributed by atoms with Gasteiger partial charge in [0.15, 0.2) is 10.4 Å². The van der Waals surface area contributed by atoms with E-state index in [2.05, 4.69) is 20.3 Å². The fourth-order valence-corrected chi connectivity index (χ4v) is 0.905. The summed E-state index contributed by atoms with van der Waals surface area (Å²) in [6.45, 7) is 0. The lowest BCUT2D eigenvalue weighted by Crippen LogP contribution is -2.04. The fraction of sp³-hybridized carbons (Fsp3) is 0.167. The number of halogens is 2. The average molecular weight is 223 g/mol. The summed E-state index contributed by atoms with van der Waals surface area (Å²) in [6.07, 6.45) is -2.08. The Morgan fingerprint density at radius 1 is 1.73 bits per heavy atom. The molecule has 60 valence electrons. The summed E-state index contributed by atoms with van der Waals surface area (Å²) in [5.74, 6) is -1.75. The minimum atomic E-state index is -2.08. The smallest absolute Gasteiger partial charge is 0.346 e. The molecule has 0 spiro atoms. The molecule has 5 heteroatoms. The Labute approximate surface area is 69.9 Å².